The number of hydrogen-bond acceptors (Lipinski definition) is 3. The van der Waals surface area contributed by atoms with E-state index in [4.69, 9.17) is 4.74 Å². The molecule has 1 aliphatic rings. The Labute approximate surface area is 108 Å². The second-order valence-electron chi connectivity index (χ2n) is 4.51. The minimum absolute atomic E-state index is 0.00688. The van der Waals surface area contributed by atoms with Gasteiger partial charge in [-0.1, -0.05) is 6.07 Å². The molecule has 0 saturated carbocycles. The number of fused-ring (bicyclic) bond motifs is 1. The number of hydrogen-bond donors (Lipinski definition) is 2. The molecule has 98 valence electrons. The molecule has 0 aliphatic carbocycles. The van der Waals surface area contributed by atoms with Crippen molar-refractivity contribution in [3.8, 4) is 0 Å². The van der Waals surface area contributed by atoms with Crippen molar-refractivity contribution in [2.24, 2.45) is 0 Å². The minimum atomic E-state index is 0.00688. The molecule has 1 aromatic carbocycles. The molecule has 0 bridgehead atoms. The molecule has 4 nitrogen and oxygen atoms in total. The number of carbonyl (C=O) groups is 1. The minimum Gasteiger partial charge on any atom is -0.385 e. The lowest BCUT2D eigenvalue weighted by molar-refractivity contribution is 0.0948. The Hall–Kier alpha value is -1.39. The predicted molar refractivity (Wildman–Crippen MR) is 70.7 cm³/mol. The van der Waals surface area contributed by atoms with Crippen molar-refractivity contribution in [2.75, 3.05) is 26.8 Å². The first kappa shape index (κ1) is 13.1. The van der Waals surface area contributed by atoms with Gasteiger partial charge in [0.05, 0.1) is 0 Å². The van der Waals surface area contributed by atoms with Gasteiger partial charge in [-0.3, -0.25) is 4.79 Å². The lowest BCUT2D eigenvalue weighted by Crippen LogP contribution is -2.27. The molecule has 0 atom stereocenters. The number of methoxy groups -OCH3 is 1. The molecule has 4 heteroatoms. The summed E-state index contributed by atoms with van der Waals surface area (Å²) >= 11 is 0. The van der Waals surface area contributed by atoms with Crippen LogP contribution in [0.3, 0.4) is 0 Å². The molecule has 0 aromatic heterocycles. The van der Waals surface area contributed by atoms with E-state index in [1.54, 1.807) is 7.11 Å². The molecular formula is C14H20N2O2. The van der Waals surface area contributed by atoms with Crippen molar-refractivity contribution in [3.63, 3.8) is 0 Å². The summed E-state index contributed by atoms with van der Waals surface area (Å²) in [5, 5.41) is 6.23. The Balaban J connectivity index is 1.94. The van der Waals surface area contributed by atoms with Crippen LogP contribution >= 0.6 is 0 Å². The van der Waals surface area contributed by atoms with E-state index in [1.165, 1.54) is 11.1 Å². The molecule has 0 unspecified atom stereocenters. The van der Waals surface area contributed by atoms with Crippen molar-refractivity contribution in [2.45, 2.75) is 19.4 Å². The smallest absolute Gasteiger partial charge is 0.251 e. The van der Waals surface area contributed by atoms with E-state index in [0.717, 1.165) is 31.5 Å². The maximum atomic E-state index is 11.9. The van der Waals surface area contributed by atoms with Crippen LogP contribution < -0.4 is 10.6 Å². The zero-order valence-electron chi connectivity index (χ0n) is 10.8. The Kier molecular flexibility index (Phi) is 4.73. The van der Waals surface area contributed by atoms with E-state index in [9.17, 15) is 4.79 Å². The summed E-state index contributed by atoms with van der Waals surface area (Å²) < 4.78 is 4.95. The summed E-state index contributed by atoms with van der Waals surface area (Å²) in [4.78, 5) is 11.9. The van der Waals surface area contributed by atoms with E-state index in [1.807, 2.05) is 18.2 Å². The molecule has 2 rings (SSSR count). The largest absolute Gasteiger partial charge is 0.385 e. The number of ether oxygens (including phenoxy) is 1. The molecule has 0 saturated heterocycles. The Morgan fingerprint density at radius 1 is 1.44 bits per heavy atom. The highest BCUT2D eigenvalue weighted by Gasteiger charge is 2.11. The topological polar surface area (TPSA) is 50.4 Å². The van der Waals surface area contributed by atoms with E-state index in [0.29, 0.717) is 13.2 Å². The number of carbonyl (C=O) groups excluding carboxylic acids is 1. The summed E-state index contributed by atoms with van der Waals surface area (Å²) in [6.07, 6.45) is 1.84. The van der Waals surface area contributed by atoms with Gasteiger partial charge in [0, 0.05) is 32.4 Å². The maximum Gasteiger partial charge on any atom is 0.251 e. The number of amides is 1. The third kappa shape index (κ3) is 3.31. The highest BCUT2D eigenvalue weighted by Crippen LogP contribution is 2.15. The molecule has 1 amide bonds. The zero-order valence-corrected chi connectivity index (χ0v) is 10.8. The van der Waals surface area contributed by atoms with Crippen molar-refractivity contribution in [1.29, 1.82) is 0 Å². The van der Waals surface area contributed by atoms with Crippen LogP contribution in [0.5, 0.6) is 0 Å². The van der Waals surface area contributed by atoms with Crippen molar-refractivity contribution in [3.05, 3.63) is 34.9 Å². The lowest BCUT2D eigenvalue weighted by atomic mass is 9.98. The third-order valence-electron chi connectivity index (χ3n) is 3.17. The second-order valence-corrected chi connectivity index (χ2v) is 4.51. The van der Waals surface area contributed by atoms with E-state index in [-0.39, 0.29) is 5.91 Å². The maximum absolute atomic E-state index is 11.9. The highest BCUT2D eigenvalue weighted by molar-refractivity contribution is 5.94. The predicted octanol–water partition coefficient (Wildman–Crippen LogP) is 1.10. The molecular weight excluding hydrogens is 228 g/mol. The number of rotatable bonds is 5. The van der Waals surface area contributed by atoms with Gasteiger partial charge in [0.2, 0.25) is 0 Å². The molecule has 0 fully saturated rings. The molecule has 0 radical (unpaired) electrons. The van der Waals surface area contributed by atoms with Crippen LogP contribution in [0.2, 0.25) is 0 Å². The highest BCUT2D eigenvalue weighted by atomic mass is 16.5. The monoisotopic (exact) mass is 248 g/mol. The van der Waals surface area contributed by atoms with Gasteiger partial charge < -0.3 is 15.4 Å². The fourth-order valence-corrected chi connectivity index (χ4v) is 2.14. The molecule has 2 N–H and O–H groups in total. The fraction of sp³-hybridized carbons (Fsp3) is 0.500. The Morgan fingerprint density at radius 2 is 2.33 bits per heavy atom. The van der Waals surface area contributed by atoms with Gasteiger partial charge in [-0.05, 0) is 42.6 Å². The third-order valence-corrected chi connectivity index (χ3v) is 3.17. The quantitative estimate of drug-likeness (QED) is 0.767. The first-order chi connectivity index (χ1) is 8.81. The molecule has 1 heterocycles. The van der Waals surface area contributed by atoms with Crippen molar-refractivity contribution in [1.82, 2.24) is 10.6 Å². The first-order valence-electron chi connectivity index (χ1n) is 6.41. The van der Waals surface area contributed by atoms with Crippen molar-refractivity contribution >= 4 is 5.91 Å². The summed E-state index contributed by atoms with van der Waals surface area (Å²) in [6.45, 7) is 3.23. The van der Waals surface area contributed by atoms with Crippen LogP contribution in [-0.2, 0) is 17.7 Å². The van der Waals surface area contributed by atoms with Crippen molar-refractivity contribution < 1.29 is 9.53 Å². The average Bonchev–Trinajstić information content (AvgIpc) is 2.43. The summed E-state index contributed by atoms with van der Waals surface area (Å²) in [5.74, 6) is 0.00688. The molecule has 18 heavy (non-hydrogen) atoms. The Morgan fingerprint density at radius 3 is 3.17 bits per heavy atom. The Bertz CT molecular complexity index is 418. The van der Waals surface area contributed by atoms with Crippen LogP contribution in [0.25, 0.3) is 0 Å². The van der Waals surface area contributed by atoms with E-state index in [2.05, 4.69) is 10.6 Å². The zero-order chi connectivity index (χ0) is 12.8. The van der Waals surface area contributed by atoms with Gasteiger partial charge in [0.15, 0.2) is 0 Å². The van der Waals surface area contributed by atoms with Gasteiger partial charge in [0.1, 0.15) is 0 Å². The van der Waals surface area contributed by atoms with Gasteiger partial charge in [-0.25, -0.2) is 0 Å². The second kappa shape index (κ2) is 6.52. The lowest BCUT2D eigenvalue weighted by Gasteiger charge is -2.17. The summed E-state index contributed by atoms with van der Waals surface area (Å²) in [7, 11) is 1.67. The number of benzene rings is 1. The van der Waals surface area contributed by atoms with Crippen LogP contribution in [0.4, 0.5) is 0 Å². The van der Waals surface area contributed by atoms with Gasteiger partial charge in [-0.15, -0.1) is 0 Å². The standard InChI is InChI=1S/C14H20N2O2/c1-18-8-2-6-16-14(17)12-3-4-13-10-15-7-5-11(13)9-12/h3-4,9,15H,2,5-8,10H2,1H3,(H,16,17). The molecule has 0 spiro atoms. The first-order valence-corrected chi connectivity index (χ1v) is 6.41. The van der Waals surface area contributed by atoms with Gasteiger partial charge in [-0.2, -0.15) is 0 Å². The van der Waals surface area contributed by atoms with Gasteiger partial charge >= 0.3 is 0 Å². The van der Waals surface area contributed by atoms with Crippen LogP contribution in [0.1, 0.15) is 27.9 Å². The fourth-order valence-electron chi connectivity index (χ4n) is 2.14. The molecule has 1 aromatic rings. The van der Waals surface area contributed by atoms with Crippen LogP contribution in [0.15, 0.2) is 18.2 Å². The molecule has 1 aliphatic heterocycles. The van der Waals surface area contributed by atoms with Gasteiger partial charge in [0.25, 0.3) is 5.91 Å². The van der Waals surface area contributed by atoms with Crippen LogP contribution in [-0.4, -0.2) is 32.7 Å². The summed E-state index contributed by atoms with van der Waals surface area (Å²) in [5.41, 5.74) is 3.35. The normalized spacial score (nSPS) is 14.1. The van der Waals surface area contributed by atoms with Crippen LogP contribution in [0, 0.1) is 0 Å². The summed E-state index contributed by atoms with van der Waals surface area (Å²) in [6, 6.07) is 5.96. The number of nitrogens with one attached hydrogen (secondary N) is 2. The van der Waals surface area contributed by atoms with E-state index < -0.39 is 0 Å². The SMILES string of the molecule is COCCCNC(=O)c1ccc2c(c1)CCNC2. The average molecular weight is 248 g/mol. The van der Waals surface area contributed by atoms with E-state index >= 15 is 0 Å².